The molecule has 0 aliphatic rings. The van der Waals surface area contributed by atoms with Crippen molar-refractivity contribution in [2.75, 3.05) is 13.1 Å². The minimum absolute atomic E-state index is 0.126. The van der Waals surface area contributed by atoms with Gasteiger partial charge in [0, 0.05) is 11.1 Å². The molecule has 26 heavy (non-hydrogen) atoms. The van der Waals surface area contributed by atoms with Crippen LogP contribution in [0.15, 0.2) is 29.2 Å². The third-order valence-electron chi connectivity index (χ3n) is 2.81. The van der Waals surface area contributed by atoms with Crippen molar-refractivity contribution in [1.82, 2.24) is 15.4 Å². The molecule has 7 nitrogen and oxygen atoms in total. The van der Waals surface area contributed by atoms with E-state index >= 15 is 0 Å². The van der Waals surface area contributed by atoms with Crippen molar-refractivity contribution in [1.29, 1.82) is 0 Å². The SMILES string of the molecule is CC(C)(C)NC(=O)CNS(=O)(=O)c1ccc(C(=O)NCC(F)(F)F)cc1. The molecule has 0 heterocycles. The van der Waals surface area contributed by atoms with Gasteiger partial charge in [-0.25, -0.2) is 13.1 Å². The van der Waals surface area contributed by atoms with Crippen molar-refractivity contribution in [3.05, 3.63) is 29.8 Å². The first-order valence-corrected chi connectivity index (χ1v) is 8.94. The van der Waals surface area contributed by atoms with Gasteiger partial charge in [-0.2, -0.15) is 13.2 Å². The second-order valence-electron chi connectivity index (χ2n) is 6.44. The highest BCUT2D eigenvalue weighted by Gasteiger charge is 2.28. The van der Waals surface area contributed by atoms with Gasteiger partial charge in [-0.1, -0.05) is 0 Å². The molecule has 1 aromatic carbocycles. The maximum absolute atomic E-state index is 12.1. The first-order valence-electron chi connectivity index (χ1n) is 7.45. The van der Waals surface area contributed by atoms with E-state index in [1.54, 1.807) is 26.1 Å². The van der Waals surface area contributed by atoms with E-state index in [1.807, 2.05) is 0 Å². The Morgan fingerprint density at radius 1 is 1.04 bits per heavy atom. The predicted octanol–water partition coefficient (Wildman–Crippen LogP) is 1.17. The molecule has 0 bridgehead atoms. The lowest BCUT2D eigenvalue weighted by Gasteiger charge is -2.20. The van der Waals surface area contributed by atoms with Crippen LogP contribution in [0.4, 0.5) is 13.2 Å². The topological polar surface area (TPSA) is 104 Å². The highest BCUT2D eigenvalue weighted by Crippen LogP contribution is 2.14. The molecule has 2 amide bonds. The van der Waals surface area contributed by atoms with E-state index in [4.69, 9.17) is 0 Å². The van der Waals surface area contributed by atoms with Gasteiger partial charge in [-0.3, -0.25) is 9.59 Å². The summed E-state index contributed by atoms with van der Waals surface area (Å²) in [4.78, 5) is 23.0. The van der Waals surface area contributed by atoms with Gasteiger partial charge < -0.3 is 10.6 Å². The van der Waals surface area contributed by atoms with Crippen molar-refractivity contribution in [3.8, 4) is 0 Å². The largest absolute Gasteiger partial charge is 0.405 e. The van der Waals surface area contributed by atoms with Crippen molar-refractivity contribution in [2.45, 2.75) is 37.4 Å². The fourth-order valence-corrected chi connectivity index (χ4v) is 2.76. The Morgan fingerprint density at radius 3 is 2.04 bits per heavy atom. The molecule has 0 saturated heterocycles. The molecule has 0 fully saturated rings. The molecule has 0 spiro atoms. The highest BCUT2D eigenvalue weighted by molar-refractivity contribution is 7.89. The first kappa shape index (κ1) is 21.9. The van der Waals surface area contributed by atoms with Crippen LogP contribution in [-0.4, -0.2) is 45.0 Å². The molecule has 1 aromatic rings. The molecule has 0 radical (unpaired) electrons. The lowest BCUT2D eigenvalue weighted by Crippen LogP contribution is -2.45. The molecule has 146 valence electrons. The maximum atomic E-state index is 12.1. The lowest BCUT2D eigenvalue weighted by molar-refractivity contribution is -0.123. The minimum atomic E-state index is -4.55. The molecular weight excluding hydrogens is 375 g/mol. The fraction of sp³-hybridized carbons (Fsp3) is 0.467. The van der Waals surface area contributed by atoms with Crippen LogP contribution < -0.4 is 15.4 Å². The number of halogens is 3. The summed E-state index contributed by atoms with van der Waals surface area (Å²) in [5.41, 5.74) is -0.646. The zero-order chi connectivity index (χ0) is 20.2. The van der Waals surface area contributed by atoms with E-state index in [9.17, 15) is 31.2 Å². The number of benzene rings is 1. The van der Waals surface area contributed by atoms with Gasteiger partial charge in [-0.05, 0) is 45.0 Å². The van der Waals surface area contributed by atoms with Crippen molar-refractivity contribution >= 4 is 21.8 Å². The van der Waals surface area contributed by atoms with E-state index in [0.717, 1.165) is 24.3 Å². The average Bonchev–Trinajstić information content (AvgIpc) is 2.48. The summed E-state index contributed by atoms with van der Waals surface area (Å²) in [7, 11) is -4.01. The Kier molecular flexibility index (Phi) is 6.77. The maximum Gasteiger partial charge on any atom is 0.405 e. The number of carbonyl (C=O) groups excluding carboxylic acids is 2. The van der Waals surface area contributed by atoms with Crippen LogP contribution in [0.5, 0.6) is 0 Å². The fourth-order valence-electron chi connectivity index (χ4n) is 1.77. The van der Waals surface area contributed by atoms with Crippen LogP contribution >= 0.6 is 0 Å². The van der Waals surface area contributed by atoms with Gasteiger partial charge >= 0.3 is 6.18 Å². The Balaban J connectivity index is 2.71. The predicted molar refractivity (Wildman–Crippen MR) is 87.9 cm³/mol. The Bertz CT molecular complexity index is 754. The monoisotopic (exact) mass is 395 g/mol. The standard InChI is InChI=1S/C15H20F3N3O4S/c1-14(2,3)21-12(22)8-20-26(24,25)11-6-4-10(5-7-11)13(23)19-9-15(16,17)18/h4-7,20H,8-9H2,1-3H3,(H,19,23)(H,21,22). The van der Waals surface area contributed by atoms with Gasteiger partial charge in [0.1, 0.15) is 6.54 Å². The Labute approximate surface area is 149 Å². The molecular formula is C15H20F3N3O4S. The van der Waals surface area contributed by atoms with Crippen LogP contribution in [-0.2, 0) is 14.8 Å². The molecule has 3 N–H and O–H groups in total. The summed E-state index contributed by atoms with van der Waals surface area (Å²) in [5, 5.41) is 4.26. The van der Waals surface area contributed by atoms with Crippen molar-refractivity contribution < 1.29 is 31.2 Å². The van der Waals surface area contributed by atoms with Crippen LogP contribution in [0.25, 0.3) is 0 Å². The van der Waals surface area contributed by atoms with Crippen LogP contribution in [0.3, 0.4) is 0 Å². The summed E-state index contributed by atoms with van der Waals surface area (Å²) >= 11 is 0. The summed E-state index contributed by atoms with van der Waals surface area (Å²) in [6, 6.07) is 4.28. The average molecular weight is 395 g/mol. The molecule has 0 saturated carbocycles. The highest BCUT2D eigenvalue weighted by atomic mass is 32.2. The quantitative estimate of drug-likeness (QED) is 0.673. The van der Waals surface area contributed by atoms with Crippen molar-refractivity contribution in [3.63, 3.8) is 0 Å². The number of rotatable bonds is 6. The van der Waals surface area contributed by atoms with Gasteiger partial charge in [0.25, 0.3) is 5.91 Å². The van der Waals surface area contributed by atoms with Gasteiger partial charge in [-0.15, -0.1) is 0 Å². The number of amides is 2. The Hall–Kier alpha value is -2.14. The summed E-state index contributed by atoms with van der Waals surface area (Å²) in [6.07, 6.45) is -4.55. The summed E-state index contributed by atoms with van der Waals surface area (Å²) in [5.74, 6) is -1.51. The van der Waals surface area contributed by atoms with E-state index in [1.165, 1.54) is 0 Å². The molecule has 0 aliphatic carbocycles. The van der Waals surface area contributed by atoms with E-state index in [-0.39, 0.29) is 10.5 Å². The summed E-state index contributed by atoms with van der Waals surface area (Å²) in [6.45, 7) is 3.25. The lowest BCUT2D eigenvalue weighted by atomic mass is 10.1. The second-order valence-corrected chi connectivity index (χ2v) is 8.21. The van der Waals surface area contributed by atoms with Crippen LogP contribution in [0.2, 0.25) is 0 Å². The molecule has 0 aromatic heterocycles. The molecule has 0 aliphatic heterocycles. The normalized spacial score (nSPS) is 12.5. The van der Waals surface area contributed by atoms with E-state index < -0.39 is 46.6 Å². The van der Waals surface area contributed by atoms with Crippen LogP contribution in [0.1, 0.15) is 31.1 Å². The number of alkyl halides is 3. The van der Waals surface area contributed by atoms with Crippen molar-refractivity contribution in [2.24, 2.45) is 0 Å². The number of hydrogen-bond donors (Lipinski definition) is 3. The number of nitrogens with one attached hydrogen (secondary N) is 3. The minimum Gasteiger partial charge on any atom is -0.350 e. The van der Waals surface area contributed by atoms with Crippen LogP contribution in [0, 0.1) is 0 Å². The van der Waals surface area contributed by atoms with Gasteiger partial charge in [0.15, 0.2) is 0 Å². The second kappa shape index (κ2) is 8.04. The van der Waals surface area contributed by atoms with Gasteiger partial charge in [0.05, 0.1) is 11.4 Å². The third kappa shape index (κ3) is 7.83. The number of sulfonamides is 1. The molecule has 11 heteroatoms. The first-order chi connectivity index (χ1) is 11.7. The molecule has 0 atom stereocenters. The number of carbonyl (C=O) groups is 2. The Morgan fingerprint density at radius 2 is 1.58 bits per heavy atom. The molecule has 1 rings (SSSR count). The van der Waals surface area contributed by atoms with Gasteiger partial charge in [0.2, 0.25) is 15.9 Å². The summed E-state index contributed by atoms with van der Waals surface area (Å²) < 4.78 is 62.5. The zero-order valence-corrected chi connectivity index (χ0v) is 15.2. The van der Waals surface area contributed by atoms with E-state index in [2.05, 4.69) is 10.0 Å². The van der Waals surface area contributed by atoms with E-state index in [0.29, 0.717) is 0 Å². The third-order valence-corrected chi connectivity index (χ3v) is 4.23. The zero-order valence-electron chi connectivity index (χ0n) is 14.4. The number of hydrogen-bond acceptors (Lipinski definition) is 4. The smallest absolute Gasteiger partial charge is 0.350 e. The molecule has 0 unspecified atom stereocenters.